The van der Waals surface area contributed by atoms with Crippen molar-refractivity contribution >= 4 is 17.8 Å². The van der Waals surface area contributed by atoms with Gasteiger partial charge in [-0.2, -0.15) is 0 Å². The van der Waals surface area contributed by atoms with Gasteiger partial charge in [-0.05, 0) is 26.7 Å². The molecule has 2 N–H and O–H groups in total. The summed E-state index contributed by atoms with van der Waals surface area (Å²) >= 11 is 0. The van der Waals surface area contributed by atoms with Crippen molar-refractivity contribution in [3.63, 3.8) is 0 Å². The zero-order valence-corrected chi connectivity index (χ0v) is 11.5. The summed E-state index contributed by atoms with van der Waals surface area (Å²) in [6.45, 7) is 4.55. The molecule has 1 aliphatic carbocycles. The number of carbonyl (C=O) groups is 3. The van der Waals surface area contributed by atoms with Crippen LogP contribution in [0.3, 0.4) is 0 Å². The Labute approximate surface area is 113 Å². The van der Waals surface area contributed by atoms with E-state index in [-0.39, 0.29) is 18.4 Å². The number of nitrogens with zero attached hydrogens (tertiary/aromatic N) is 1. The molecule has 1 saturated carbocycles. The molecule has 0 spiro atoms. The van der Waals surface area contributed by atoms with Gasteiger partial charge in [0, 0.05) is 13.1 Å². The van der Waals surface area contributed by atoms with Crippen molar-refractivity contribution in [2.24, 2.45) is 11.8 Å². The van der Waals surface area contributed by atoms with Gasteiger partial charge >= 0.3 is 5.97 Å². The molecule has 1 fully saturated rings. The number of carboxylic acid groups (broad SMARTS) is 1. The average Bonchev–Trinajstić information content (AvgIpc) is 2.84. The van der Waals surface area contributed by atoms with Gasteiger partial charge in [-0.1, -0.05) is 6.42 Å². The van der Waals surface area contributed by atoms with E-state index in [1.807, 2.05) is 6.92 Å². The Morgan fingerprint density at radius 2 is 1.84 bits per heavy atom. The molecule has 2 amide bonds. The van der Waals surface area contributed by atoms with Crippen LogP contribution < -0.4 is 5.32 Å². The van der Waals surface area contributed by atoms with Crippen LogP contribution in [-0.2, 0) is 14.4 Å². The number of rotatable bonds is 6. The van der Waals surface area contributed by atoms with Gasteiger partial charge in [-0.15, -0.1) is 0 Å². The van der Waals surface area contributed by atoms with Crippen molar-refractivity contribution in [1.82, 2.24) is 10.2 Å². The van der Waals surface area contributed by atoms with Crippen molar-refractivity contribution in [3.05, 3.63) is 0 Å². The summed E-state index contributed by atoms with van der Waals surface area (Å²) in [5, 5.41) is 11.7. The molecule has 0 bridgehead atoms. The lowest BCUT2D eigenvalue weighted by Gasteiger charge is -2.25. The summed E-state index contributed by atoms with van der Waals surface area (Å²) in [6.07, 6.45) is 1.90. The average molecular weight is 270 g/mol. The van der Waals surface area contributed by atoms with Crippen LogP contribution in [0.4, 0.5) is 0 Å². The molecule has 0 aliphatic heterocycles. The highest BCUT2D eigenvalue weighted by Crippen LogP contribution is 2.33. The molecule has 0 saturated heterocycles. The Hall–Kier alpha value is -1.59. The van der Waals surface area contributed by atoms with E-state index < -0.39 is 17.8 Å². The first-order valence-corrected chi connectivity index (χ1v) is 6.79. The van der Waals surface area contributed by atoms with E-state index in [1.165, 1.54) is 4.90 Å². The first kappa shape index (κ1) is 15.5. The lowest BCUT2D eigenvalue weighted by atomic mass is 9.94. The third-order valence-corrected chi connectivity index (χ3v) is 3.55. The molecular weight excluding hydrogens is 248 g/mol. The maximum atomic E-state index is 12.3. The lowest BCUT2D eigenvalue weighted by molar-refractivity contribution is -0.149. The standard InChI is InChI=1S/C13H22N2O4/c1-3-14-11(16)8-15(4-2)12(17)9-6-5-7-10(9)13(18)19/h9-10H,3-8H2,1-2H3,(H,14,16)(H,18,19)/t9-,10+/m1/s1. The van der Waals surface area contributed by atoms with Crippen molar-refractivity contribution in [2.75, 3.05) is 19.6 Å². The third kappa shape index (κ3) is 3.94. The Morgan fingerprint density at radius 3 is 2.37 bits per heavy atom. The van der Waals surface area contributed by atoms with Crippen molar-refractivity contribution < 1.29 is 19.5 Å². The molecule has 1 rings (SSSR count). The maximum Gasteiger partial charge on any atom is 0.307 e. The topological polar surface area (TPSA) is 86.7 Å². The van der Waals surface area contributed by atoms with Gasteiger partial charge in [-0.25, -0.2) is 0 Å². The molecule has 108 valence electrons. The second kappa shape index (κ2) is 7.11. The molecule has 0 aromatic carbocycles. The SMILES string of the molecule is CCNC(=O)CN(CC)C(=O)[C@@H]1CCC[C@@H]1C(=O)O. The quantitative estimate of drug-likeness (QED) is 0.734. The molecule has 0 aromatic rings. The number of hydrogen-bond acceptors (Lipinski definition) is 3. The van der Waals surface area contributed by atoms with Crippen LogP contribution in [-0.4, -0.2) is 47.4 Å². The minimum atomic E-state index is -0.912. The summed E-state index contributed by atoms with van der Waals surface area (Å²) in [5.41, 5.74) is 0. The van der Waals surface area contributed by atoms with Gasteiger partial charge in [0.15, 0.2) is 0 Å². The normalized spacial score (nSPS) is 22.0. The van der Waals surface area contributed by atoms with E-state index in [0.717, 1.165) is 6.42 Å². The molecule has 1 aliphatic rings. The van der Waals surface area contributed by atoms with Gasteiger partial charge < -0.3 is 15.3 Å². The minimum absolute atomic E-state index is 0.00596. The third-order valence-electron chi connectivity index (χ3n) is 3.55. The smallest absolute Gasteiger partial charge is 0.307 e. The van der Waals surface area contributed by atoms with Gasteiger partial charge in [0.05, 0.1) is 18.4 Å². The van der Waals surface area contributed by atoms with Gasteiger partial charge in [0.25, 0.3) is 0 Å². The molecule has 0 heterocycles. The Bertz CT molecular complexity index is 357. The fourth-order valence-electron chi connectivity index (χ4n) is 2.56. The number of carbonyl (C=O) groups excluding carboxylic acids is 2. The van der Waals surface area contributed by atoms with E-state index in [9.17, 15) is 14.4 Å². The lowest BCUT2D eigenvalue weighted by Crippen LogP contribution is -2.44. The van der Waals surface area contributed by atoms with Gasteiger partial charge in [0.2, 0.25) is 11.8 Å². The Kier molecular flexibility index (Phi) is 5.79. The first-order valence-electron chi connectivity index (χ1n) is 6.79. The maximum absolute atomic E-state index is 12.3. The summed E-state index contributed by atoms with van der Waals surface area (Å²) in [7, 11) is 0. The van der Waals surface area contributed by atoms with Crippen LogP contribution in [0.5, 0.6) is 0 Å². The van der Waals surface area contributed by atoms with E-state index in [1.54, 1.807) is 6.92 Å². The number of hydrogen-bond donors (Lipinski definition) is 2. The Balaban J connectivity index is 2.67. The predicted octanol–water partition coefficient (Wildman–Crippen LogP) is 0.472. The number of amides is 2. The number of carboxylic acids is 1. The molecule has 2 atom stereocenters. The van der Waals surface area contributed by atoms with E-state index >= 15 is 0 Å². The fourth-order valence-corrected chi connectivity index (χ4v) is 2.56. The van der Waals surface area contributed by atoms with Crippen LogP contribution in [0.2, 0.25) is 0 Å². The minimum Gasteiger partial charge on any atom is -0.481 e. The zero-order valence-electron chi connectivity index (χ0n) is 11.5. The van der Waals surface area contributed by atoms with E-state index in [2.05, 4.69) is 5.32 Å². The number of nitrogens with one attached hydrogen (secondary N) is 1. The highest BCUT2D eigenvalue weighted by molar-refractivity contribution is 5.88. The molecule has 0 aromatic heterocycles. The van der Waals surface area contributed by atoms with E-state index in [4.69, 9.17) is 5.11 Å². The van der Waals surface area contributed by atoms with Crippen LogP contribution in [0, 0.1) is 11.8 Å². The molecule has 19 heavy (non-hydrogen) atoms. The first-order chi connectivity index (χ1) is 9.01. The van der Waals surface area contributed by atoms with Crippen molar-refractivity contribution in [2.45, 2.75) is 33.1 Å². The monoisotopic (exact) mass is 270 g/mol. The van der Waals surface area contributed by atoms with Crippen LogP contribution in [0.15, 0.2) is 0 Å². The number of likely N-dealkylation sites (N-methyl/N-ethyl adjacent to an activating group) is 2. The fraction of sp³-hybridized carbons (Fsp3) is 0.769. The summed E-state index contributed by atoms with van der Waals surface area (Å²) in [5.74, 6) is -2.41. The second-order valence-electron chi connectivity index (χ2n) is 4.79. The van der Waals surface area contributed by atoms with Crippen LogP contribution in [0.25, 0.3) is 0 Å². The largest absolute Gasteiger partial charge is 0.481 e. The molecule has 0 unspecified atom stereocenters. The summed E-state index contributed by atoms with van der Waals surface area (Å²) in [4.78, 5) is 36.4. The van der Waals surface area contributed by atoms with Crippen molar-refractivity contribution in [3.8, 4) is 0 Å². The zero-order chi connectivity index (χ0) is 14.4. The van der Waals surface area contributed by atoms with Gasteiger partial charge in [0.1, 0.15) is 0 Å². The van der Waals surface area contributed by atoms with Crippen LogP contribution >= 0.6 is 0 Å². The van der Waals surface area contributed by atoms with E-state index in [0.29, 0.717) is 25.9 Å². The summed E-state index contributed by atoms with van der Waals surface area (Å²) in [6, 6.07) is 0. The molecule has 0 radical (unpaired) electrons. The molecule has 6 nitrogen and oxygen atoms in total. The highest BCUT2D eigenvalue weighted by Gasteiger charge is 2.39. The predicted molar refractivity (Wildman–Crippen MR) is 69.4 cm³/mol. The van der Waals surface area contributed by atoms with Crippen molar-refractivity contribution in [1.29, 1.82) is 0 Å². The summed E-state index contributed by atoms with van der Waals surface area (Å²) < 4.78 is 0. The second-order valence-corrected chi connectivity index (χ2v) is 4.79. The molecule has 6 heteroatoms. The molecular formula is C13H22N2O4. The van der Waals surface area contributed by atoms with Gasteiger partial charge in [-0.3, -0.25) is 14.4 Å². The number of aliphatic carboxylic acids is 1. The Morgan fingerprint density at radius 1 is 1.21 bits per heavy atom. The highest BCUT2D eigenvalue weighted by atomic mass is 16.4. The van der Waals surface area contributed by atoms with Crippen LogP contribution in [0.1, 0.15) is 33.1 Å².